The summed E-state index contributed by atoms with van der Waals surface area (Å²) in [7, 11) is 0. The molecule has 0 bridgehead atoms. The van der Waals surface area contributed by atoms with E-state index >= 15 is 0 Å². The van der Waals surface area contributed by atoms with Gasteiger partial charge in [-0.15, -0.1) is 0 Å². The van der Waals surface area contributed by atoms with Crippen LogP contribution in [0.1, 0.15) is 12.5 Å². The van der Waals surface area contributed by atoms with Gasteiger partial charge in [0.2, 0.25) is 0 Å². The van der Waals surface area contributed by atoms with E-state index < -0.39 is 0 Å². The van der Waals surface area contributed by atoms with Crippen molar-refractivity contribution in [2.45, 2.75) is 6.92 Å². The van der Waals surface area contributed by atoms with Crippen LogP contribution >= 0.6 is 0 Å². The molecule has 0 amide bonds. The van der Waals surface area contributed by atoms with Crippen molar-refractivity contribution >= 4 is 18.5 Å². The van der Waals surface area contributed by atoms with Crippen molar-refractivity contribution in [3.05, 3.63) is 35.9 Å². The van der Waals surface area contributed by atoms with Crippen LogP contribution in [0.4, 0.5) is 5.69 Å². The molecule has 0 radical (unpaired) electrons. The predicted molar refractivity (Wildman–Crippen MR) is 50.4 cm³/mol. The van der Waals surface area contributed by atoms with E-state index in [-0.39, 0.29) is 0 Å². The molecular weight excluding hydrogens is 134 g/mol. The summed E-state index contributed by atoms with van der Waals surface area (Å²) in [6.07, 6.45) is 4.01. The molecule has 0 saturated heterocycles. The van der Waals surface area contributed by atoms with E-state index in [1.165, 1.54) is 0 Å². The molecule has 0 unspecified atom stereocenters. The molecule has 0 fully saturated rings. The number of aliphatic imine (C=N–C) groups is 1. The minimum atomic E-state index is 0.936. The van der Waals surface area contributed by atoms with E-state index in [2.05, 4.69) is 11.7 Å². The molecule has 0 saturated carbocycles. The molecule has 0 spiro atoms. The van der Waals surface area contributed by atoms with Crippen LogP contribution < -0.4 is 0 Å². The molecule has 0 aliphatic carbocycles. The average molecular weight is 145 g/mol. The first-order valence-corrected chi connectivity index (χ1v) is 3.57. The summed E-state index contributed by atoms with van der Waals surface area (Å²) in [5.74, 6) is 0. The van der Waals surface area contributed by atoms with Gasteiger partial charge in [0.25, 0.3) is 0 Å². The van der Waals surface area contributed by atoms with Gasteiger partial charge in [0.15, 0.2) is 0 Å². The number of para-hydroxylation sites is 1. The predicted octanol–water partition coefficient (Wildman–Crippen LogP) is 3.05. The highest BCUT2D eigenvalue weighted by molar-refractivity contribution is 5.65. The SMILES string of the molecule is C=Nc1ccccc1/C=C\C. The van der Waals surface area contributed by atoms with Crippen LogP contribution in [0.5, 0.6) is 0 Å². The smallest absolute Gasteiger partial charge is 0.0694 e. The number of hydrogen-bond acceptors (Lipinski definition) is 1. The van der Waals surface area contributed by atoms with Gasteiger partial charge in [-0.05, 0) is 25.3 Å². The summed E-state index contributed by atoms with van der Waals surface area (Å²) >= 11 is 0. The standard InChI is InChI=1S/C10H11N/c1-3-6-9-7-4-5-8-10(9)11-2/h3-8H,2H2,1H3/b6-3-. The molecule has 1 rings (SSSR count). The quantitative estimate of drug-likeness (QED) is 0.567. The van der Waals surface area contributed by atoms with Crippen LogP contribution in [-0.4, -0.2) is 6.72 Å². The van der Waals surface area contributed by atoms with Gasteiger partial charge in [-0.1, -0.05) is 30.4 Å². The lowest BCUT2D eigenvalue weighted by Crippen LogP contribution is -1.71. The van der Waals surface area contributed by atoms with Gasteiger partial charge in [0, 0.05) is 0 Å². The van der Waals surface area contributed by atoms with Gasteiger partial charge in [-0.3, -0.25) is 4.99 Å². The molecule has 0 aromatic heterocycles. The third-order valence-electron chi connectivity index (χ3n) is 1.45. The Kier molecular flexibility index (Phi) is 2.61. The van der Waals surface area contributed by atoms with Crippen molar-refractivity contribution in [3.63, 3.8) is 0 Å². The normalized spacial score (nSPS) is 10.3. The zero-order valence-electron chi connectivity index (χ0n) is 6.62. The summed E-state index contributed by atoms with van der Waals surface area (Å²) in [6.45, 7) is 5.48. The summed E-state index contributed by atoms with van der Waals surface area (Å²) in [4.78, 5) is 3.89. The Morgan fingerprint density at radius 3 is 2.73 bits per heavy atom. The molecular formula is C10H11N. The van der Waals surface area contributed by atoms with Crippen molar-refractivity contribution in [1.29, 1.82) is 0 Å². The molecule has 11 heavy (non-hydrogen) atoms. The number of nitrogens with zero attached hydrogens (tertiary/aromatic N) is 1. The zero-order chi connectivity index (χ0) is 8.10. The van der Waals surface area contributed by atoms with Crippen molar-refractivity contribution in [2.75, 3.05) is 0 Å². The van der Waals surface area contributed by atoms with Gasteiger partial charge >= 0.3 is 0 Å². The summed E-state index contributed by atoms with van der Waals surface area (Å²) < 4.78 is 0. The van der Waals surface area contributed by atoms with E-state index in [1.54, 1.807) is 0 Å². The molecule has 0 aliphatic rings. The second-order valence-corrected chi connectivity index (χ2v) is 2.22. The monoisotopic (exact) mass is 145 g/mol. The second kappa shape index (κ2) is 3.71. The lowest BCUT2D eigenvalue weighted by molar-refractivity contribution is 1.52. The molecule has 0 aliphatic heterocycles. The van der Waals surface area contributed by atoms with Gasteiger partial charge in [-0.2, -0.15) is 0 Å². The Labute approximate surface area is 67.1 Å². The van der Waals surface area contributed by atoms with Gasteiger partial charge in [0.1, 0.15) is 0 Å². The average Bonchev–Trinajstić information content (AvgIpc) is 2.06. The highest BCUT2D eigenvalue weighted by Crippen LogP contribution is 2.18. The molecule has 0 heterocycles. The lowest BCUT2D eigenvalue weighted by Gasteiger charge is -1.96. The van der Waals surface area contributed by atoms with E-state index in [9.17, 15) is 0 Å². The largest absolute Gasteiger partial charge is 0.264 e. The molecule has 1 nitrogen and oxygen atoms in total. The molecule has 1 aromatic rings. The Morgan fingerprint density at radius 2 is 2.09 bits per heavy atom. The lowest BCUT2D eigenvalue weighted by atomic mass is 10.2. The topological polar surface area (TPSA) is 12.4 Å². The van der Waals surface area contributed by atoms with Gasteiger partial charge < -0.3 is 0 Å². The van der Waals surface area contributed by atoms with Crippen molar-refractivity contribution in [2.24, 2.45) is 4.99 Å². The Bertz CT molecular complexity index is 274. The van der Waals surface area contributed by atoms with Crippen LogP contribution in [0.3, 0.4) is 0 Å². The van der Waals surface area contributed by atoms with Crippen molar-refractivity contribution in [3.8, 4) is 0 Å². The van der Waals surface area contributed by atoms with Gasteiger partial charge in [0.05, 0.1) is 5.69 Å². The first kappa shape index (κ1) is 7.73. The maximum absolute atomic E-state index is 3.89. The molecule has 0 atom stereocenters. The first-order valence-electron chi connectivity index (χ1n) is 3.57. The number of benzene rings is 1. The van der Waals surface area contributed by atoms with Crippen LogP contribution in [-0.2, 0) is 0 Å². The molecule has 1 aromatic carbocycles. The zero-order valence-corrected chi connectivity index (χ0v) is 6.62. The third kappa shape index (κ3) is 1.77. The summed E-state index contributed by atoms with van der Waals surface area (Å²) in [5.41, 5.74) is 2.05. The summed E-state index contributed by atoms with van der Waals surface area (Å²) in [6, 6.07) is 7.91. The highest BCUT2D eigenvalue weighted by atomic mass is 14.7. The minimum absolute atomic E-state index is 0.936. The van der Waals surface area contributed by atoms with E-state index in [0.717, 1.165) is 11.3 Å². The molecule has 1 heteroatoms. The number of allylic oxidation sites excluding steroid dienone is 1. The van der Waals surface area contributed by atoms with Crippen LogP contribution in [0.15, 0.2) is 35.3 Å². The fourth-order valence-corrected chi connectivity index (χ4v) is 0.952. The van der Waals surface area contributed by atoms with E-state index in [4.69, 9.17) is 0 Å². The van der Waals surface area contributed by atoms with E-state index in [1.807, 2.05) is 43.3 Å². The maximum Gasteiger partial charge on any atom is 0.0694 e. The Hall–Kier alpha value is -1.37. The van der Waals surface area contributed by atoms with Crippen molar-refractivity contribution < 1.29 is 0 Å². The minimum Gasteiger partial charge on any atom is -0.264 e. The van der Waals surface area contributed by atoms with E-state index in [0.29, 0.717) is 0 Å². The second-order valence-electron chi connectivity index (χ2n) is 2.22. The molecule has 0 N–H and O–H groups in total. The van der Waals surface area contributed by atoms with Crippen LogP contribution in [0, 0.1) is 0 Å². The Balaban J connectivity index is 3.11. The van der Waals surface area contributed by atoms with Crippen LogP contribution in [0.25, 0.3) is 6.08 Å². The number of hydrogen-bond donors (Lipinski definition) is 0. The Morgan fingerprint density at radius 1 is 1.36 bits per heavy atom. The highest BCUT2D eigenvalue weighted by Gasteiger charge is 1.91. The van der Waals surface area contributed by atoms with Crippen LogP contribution in [0.2, 0.25) is 0 Å². The molecule has 56 valence electrons. The fraction of sp³-hybridized carbons (Fsp3) is 0.100. The first-order chi connectivity index (χ1) is 5.38. The number of rotatable bonds is 2. The summed E-state index contributed by atoms with van der Waals surface area (Å²) in [5, 5.41) is 0. The fourth-order valence-electron chi connectivity index (χ4n) is 0.952. The maximum atomic E-state index is 3.89. The van der Waals surface area contributed by atoms with Crippen molar-refractivity contribution in [1.82, 2.24) is 0 Å². The van der Waals surface area contributed by atoms with Gasteiger partial charge in [-0.25, -0.2) is 0 Å². The third-order valence-corrected chi connectivity index (χ3v) is 1.45.